The number of halogens is 1. The minimum atomic E-state index is -3.29. The molecule has 0 amide bonds. The Morgan fingerprint density at radius 2 is 1.85 bits per heavy atom. The predicted molar refractivity (Wildman–Crippen MR) is 103 cm³/mol. The summed E-state index contributed by atoms with van der Waals surface area (Å²) in [6, 6.07) is 13.4. The number of likely N-dealkylation sites (tertiary alicyclic amines) is 1. The molecule has 1 aliphatic heterocycles. The molecule has 138 valence electrons. The summed E-state index contributed by atoms with van der Waals surface area (Å²) >= 11 is 6.35. The van der Waals surface area contributed by atoms with Crippen molar-refractivity contribution in [3.63, 3.8) is 0 Å². The van der Waals surface area contributed by atoms with Crippen LogP contribution in [0, 0.1) is 0 Å². The first-order chi connectivity index (χ1) is 12.4. The molecule has 0 N–H and O–H groups in total. The molecule has 4 rings (SSSR count). The van der Waals surface area contributed by atoms with Crippen molar-refractivity contribution in [2.45, 2.75) is 36.3 Å². The molecule has 2 unspecified atom stereocenters. The highest BCUT2D eigenvalue weighted by Crippen LogP contribution is 2.41. The van der Waals surface area contributed by atoms with Crippen molar-refractivity contribution >= 4 is 21.4 Å². The highest BCUT2D eigenvalue weighted by Gasteiger charge is 2.39. The monoisotopic (exact) mass is 391 g/mol. The first-order valence-electron chi connectivity index (χ1n) is 8.91. The summed E-state index contributed by atoms with van der Waals surface area (Å²) in [6.45, 7) is 2.19. The fourth-order valence-electron chi connectivity index (χ4n) is 4.02. The second kappa shape index (κ2) is 6.87. The zero-order valence-electron chi connectivity index (χ0n) is 14.7. The lowest BCUT2D eigenvalue weighted by molar-refractivity contribution is 0.0941. The van der Waals surface area contributed by atoms with Gasteiger partial charge in [0.15, 0.2) is 9.84 Å². The van der Waals surface area contributed by atoms with Crippen molar-refractivity contribution in [3.05, 3.63) is 58.6 Å². The van der Waals surface area contributed by atoms with Crippen molar-refractivity contribution in [2.24, 2.45) is 0 Å². The predicted octanol–water partition coefficient (Wildman–Crippen LogP) is 3.88. The number of sulfone groups is 1. The van der Waals surface area contributed by atoms with Crippen molar-refractivity contribution in [1.82, 2.24) is 4.90 Å². The molecule has 0 spiro atoms. The maximum Gasteiger partial charge on any atom is 0.175 e. The smallest absolute Gasteiger partial charge is 0.175 e. The van der Waals surface area contributed by atoms with E-state index in [1.165, 1.54) is 36.3 Å². The van der Waals surface area contributed by atoms with Gasteiger partial charge >= 0.3 is 0 Å². The lowest BCUT2D eigenvalue weighted by atomic mass is 10.1. The van der Waals surface area contributed by atoms with E-state index in [-0.39, 0.29) is 11.0 Å². The van der Waals surface area contributed by atoms with Gasteiger partial charge in [-0.15, -0.1) is 0 Å². The van der Waals surface area contributed by atoms with Crippen LogP contribution in [0.15, 0.2) is 47.4 Å². The van der Waals surface area contributed by atoms with Crippen LogP contribution >= 0.6 is 11.6 Å². The lowest BCUT2D eigenvalue weighted by Gasteiger charge is -2.30. The van der Waals surface area contributed by atoms with E-state index in [0.29, 0.717) is 16.8 Å². The summed E-state index contributed by atoms with van der Waals surface area (Å²) in [5.74, 6) is 0.532. The molecule has 2 aromatic rings. The molecule has 1 saturated heterocycles. The van der Waals surface area contributed by atoms with Crippen LogP contribution in [0.4, 0.5) is 0 Å². The molecular formula is C20H22ClNO3S. The number of rotatable bonds is 4. The zero-order valence-corrected chi connectivity index (χ0v) is 16.3. The van der Waals surface area contributed by atoms with Crippen LogP contribution in [0.5, 0.6) is 5.75 Å². The summed E-state index contributed by atoms with van der Waals surface area (Å²) in [6.07, 6.45) is 4.51. The Bertz CT molecular complexity index is 922. The van der Waals surface area contributed by atoms with Gasteiger partial charge in [0.25, 0.3) is 0 Å². The Kier molecular flexibility index (Phi) is 4.71. The molecule has 0 bridgehead atoms. The zero-order chi connectivity index (χ0) is 18.3. The molecule has 2 aromatic carbocycles. The van der Waals surface area contributed by atoms with Gasteiger partial charge in [-0.25, -0.2) is 8.42 Å². The number of benzene rings is 2. The standard InChI is InChI=1S/C20H22ClNO3S/c1-26(23,24)15-8-9-19(17(21)13-15)25-20-16-7-3-2-6-14(16)12-18(20)22-10-4-5-11-22/h2-3,6-9,13,18,20H,4-5,10-12H2,1H3. The number of fused-ring (bicyclic) bond motifs is 1. The lowest BCUT2D eigenvalue weighted by Crippen LogP contribution is -2.38. The van der Waals surface area contributed by atoms with Gasteiger partial charge in [-0.2, -0.15) is 0 Å². The van der Waals surface area contributed by atoms with Gasteiger partial charge in [0.2, 0.25) is 0 Å². The molecule has 6 heteroatoms. The van der Waals surface area contributed by atoms with Crippen molar-refractivity contribution < 1.29 is 13.2 Å². The Labute approximate surface area is 159 Å². The van der Waals surface area contributed by atoms with Crippen LogP contribution in [0.1, 0.15) is 30.1 Å². The topological polar surface area (TPSA) is 46.6 Å². The Hall–Kier alpha value is -1.56. The summed E-state index contributed by atoms with van der Waals surface area (Å²) in [5, 5.41) is 0.331. The van der Waals surface area contributed by atoms with E-state index in [2.05, 4.69) is 23.1 Å². The van der Waals surface area contributed by atoms with Crippen LogP contribution in [0.2, 0.25) is 5.02 Å². The van der Waals surface area contributed by atoms with Gasteiger partial charge in [0.1, 0.15) is 11.9 Å². The van der Waals surface area contributed by atoms with Gasteiger partial charge in [-0.05, 0) is 61.7 Å². The quantitative estimate of drug-likeness (QED) is 0.793. The number of hydrogen-bond acceptors (Lipinski definition) is 4. The largest absolute Gasteiger partial charge is 0.482 e. The first-order valence-corrected chi connectivity index (χ1v) is 11.2. The van der Waals surface area contributed by atoms with E-state index in [0.717, 1.165) is 19.5 Å². The Morgan fingerprint density at radius 1 is 1.12 bits per heavy atom. The molecule has 4 nitrogen and oxygen atoms in total. The van der Waals surface area contributed by atoms with Crippen molar-refractivity contribution in [3.8, 4) is 5.75 Å². The van der Waals surface area contributed by atoms with Crippen LogP contribution in [0.25, 0.3) is 0 Å². The molecule has 0 radical (unpaired) electrons. The average Bonchev–Trinajstić information content (AvgIpc) is 3.24. The molecule has 1 heterocycles. The molecule has 1 aliphatic carbocycles. The van der Waals surface area contributed by atoms with Gasteiger partial charge in [-0.3, -0.25) is 4.90 Å². The Morgan fingerprint density at radius 3 is 2.54 bits per heavy atom. The van der Waals surface area contributed by atoms with Gasteiger partial charge in [0, 0.05) is 6.26 Å². The minimum Gasteiger partial charge on any atom is -0.482 e. The summed E-state index contributed by atoms with van der Waals surface area (Å²) in [5.41, 5.74) is 2.52. The second-order valence-electron chi connectivity index (χ2n) is 7.12. The summed E-state index contributed by atoms with van der Waals surface area (Å²) in [4.78, 5) is 2.71. The minimum absolute atomic E-state index is 0.0918. The SMILES string of the molecule is CS(=O)(=O)c1ccc(OC2c3ccccc3CC2N2CCCC2)c(Cl)c1. The highest BCUT2D eigenvalue weighted by molar-refractivity contribution is 7.90. The highest BCUT2D eigenvalue weighted by atomic mass is 35.5. The molecule has 2 atom stereocenters. The van der Waals surface area contributed by atoms with E-state index in [9.17, 15) is 8.42 Å². The fraction of sp³-hybridized carbons (Fsp3) is 0.400. The third kappa shape index (κ3) is 3.36. The number of nitrogens with zero attached hydrogens (tertiary/aromatic N) is 1. The van der Waals surface area contributed by atoms with Crippen LogP contribution in [0.3, 0.4) is 0 Å². The maximum absolute atomic E-state index is 11.7. The average molecular weight is 392 g/mol. The van der Waals surface area contributed by atoms with Crippen LogP contribution in [-0.4, -0.2) is 38.7 Å². The third-order valence-electron chi connectivity index (χ3n) is 5.34. The molecule has 2 aliphatic rings. The maximum atomic E-state index is 11.7. The van der Waals surface area contributed by atoms with Crippen molar-refractivity contribution in [1.29, 1.82) is 0 Å². The summed E-state index contributed by atoms with van der Waals surface area (Å²) < 4.78 is 29.8. The molecule has 1 fully saturated rings. The number of ether oxygens (including phenoxy) is 1. The van der Waals surface area contributed by atoms with Crippen molar-refractivity contribution in [2.75, 3.05) is 19.3 Å². The molecule has 0 aromatic heterocycles. The second-order valence-corrected chi connectivity index (χ2v) is 9.54. The van der Waals surface area contributed by atoms with E-state index in [1.807, 2.05) is 6.07 Å². The van der Waals surface area contributed by atoms with E-state index in [4.69, 9.17) is 16.3 Å². The first kappa shape index (κ1) is 17.8. The van der Waals surface area contributed by atoms with Gasteiger partial charge < -0.3 is 4.74 Å². The third-order valence-corrected chi connectivity index (χ3v) is 6.74. The van der Waals surface area contributed by atoms with E-state index < -0.39 is 9.84 Å². The van der Waals surface area contributed by atoms with E-state index >= 15 is 0 Å². The van der Waals surface area contributed by atoms with E-state index in [1.54, 1.807) is 12.1 Å². The molecule has 26 heavy (non-hydrogen) atoms. The Balaban J connectivity index is 1.66. The number of hydrogen-bond donors (Lipinski definition) is 0. The fourth-order valence-corrected chi connectivity index (χ4v) is 4.95. The van der Waals surface area contributed by atoms with Crippen LogP contribution < -0.4 is 4.74 Å². The normalized spacial score (nSPS) is 23.2. The molecular weight excluding hydrogens is 370 g/mol. The molecule has 0 saturated carbocycles. The van der Waals surface area contributed by atoms with Gasteiger partial charge in [-0.1, -0.05) is 35.9 Å². The summed E-state index contributed by atoms with van der Waals surface area (Å²) in [7, 11) is -3.29. The van der Waals surface area contributed by atoms with Crippen LogP contribution in [-0.2, 0) is 16.3 Å². The van der Waals surface area contributed by atoms with Gasteiger partial charge in [0.05, 0.1) is 16.0 Å².